The van der Waals surface area contributed by atoms with Gasteiger partial charge in [0.05, 0.1) is 4.92 Å². The van der Waals surface area contributed by atoms with E-state index in [1.807, 2.05) is 0 Å². The van der Waals surface area contributed by atoms with E-state index >= 15 is 0 Å². The van der Waals surface area contributed by atoms with Gasteiger partial charge in [0.25, 0.3) is 0 Å². The van der Waals surface area contributed by atoms with Gasteiger partial charge in [-0.1, -0.05) is 0 Å². The fourth-order valence-corrected chi connectivity index (χ4v) is 1.40. The Kier molecular flexibility index (Phi) is 4.43. The summed E-state index contributed by atoms with van der Waals surface area (Å²) in [4.78, 5) is 34.0. The quantitative estimate of drug-likeness (QED) is 0.600. The van der Waals surface area contributed by atoms with E-state index in [2.05, 4.69) is 5.10 Å². The van der Waals surface area contributed by atoms with Gasteiger partial charge in [-0.15, -0.1) is 0 Å². The monoisotopic (exact) mass is 284 g/mol. The van der Waals surface area contributed by atoms with Gasteiger partial charge in [0.2, 0.25) is 5.91 Å². The molecule has 1 aromatic rings. The van der Waals surface area contributed by atoms with Crippen molar-refractivity contribution >= 4 is 17.6 Å². The van der Waals surface area contributed by atoms with Crippen molar-refractivity contribution in [2.24, 2.45) is 0 Å². The molecule has 0 unspecified atom stereocenters. The lowest BCUT2D eigenvalue weighted by Crippen LogP contribution is -2.50. The molecule has 0 aliphatic heterocycles. The lowest BCUT2D eigenvalue weighted by Gasteiger charge is -2.31. The highest BCUT2D eigenvalue weighted by Crippen LogP contribution is 2.14. The molecule has 1 N–H and O–H groups in total. The molecule has 0 aromatic carbocycles. The van der Waals surface area contributed by atoms with Crippen LogP contribution in [0.5, 0.6) is 0 Å². The van der Waals surface area contributed by atoms with Gasteiger partial charge in [-0.05, 0) is 13.8 Å². The number of hydrogen-bond acceptors (Lipinski definition) is 5. The number of amides is 1. The van der Waals surface area contributed by atoms with E-state index in [0.29, 0.717) is 0 Å². The first-order chi connectivity index (χ1) is 9.16. The lowest BCUT2D eigenvalue weighted by atomic mass is 10.0. The molecule has 0 aliphatic rings. The number of rotatable bonds is 6. The van der Waals surface area contributed by atoms with Crippen LogP contribution in [0.1, 0.15) is 20.3 Å². The van der Waals surface area contributed by atoms with E-state index in [9.17, 15) is 19.7 Å². The first-order valence-corrected chi connectivity index (χ1v) is 5.83. The van der Waals surface area contributed by atoms with Crippen LogP contribution in [0.25, 0.3) is 0 Å². The van der Waals surface area contributed by atoms with Crippen molar-refractivity contribution in [3.63, 3.8) is 0 Å². The fourth-order valence-electron chi connectivity index (χ4n) is 1.40. The van der Waals surface area contributed by atoms with Crippen molar-refractivity contribution in [3.8, 4) is 0 Å². The van der Waals surface area contributed by atoms with Crippen molar-refractivity contribution in [2.75, 3.05) is 7.05 Å². The number of nitro groups is 1. The second kappa shape index (κ2) is 5.68. The summed E-state index contributed by atoms with van der Waals surface area (Å²) in [6, 6.07) is 0. The summed E-state index contributed by atoms with van der Waals surface area (Å²) in [6.45, 7) is 2.99. The number of carbonyl (C=O) groups is 2. The van der Waals surface area contributed by atoms with Crippen molar-refractivity contribution in [1.29, 1.82) is 0 Å². The summed E-state index contributed by atoms with van der Waals surface area (Å²) in [5.41, 5.74) is -1.47. The predicted octanol–water partition coefficient (Wildman–Crippen LogP) is 0.503. The van der Waals surface area contributed by atoms with Crippen molar-refractivity contribution in [2.45, 2.75) is 32.4 Å². The van der Waals surface area contributed by atoms with Gasteiger partial charge in [-0.25, -0.2) is 4.79 Å². The van der Waals surface area contributed by atoms with Gasteiger partial charge in [-0.3, -0.25) is 19.6 Å². The number of nitrogens with zero attached hydrogens (tertiary/aromatic N) is 4. The number of aryl methyl sites for hydroxylation is 1. The number of aromatic nitrogens is 2. The van der Waals surface area contributed by atoms with Crippen LogP contribution in [0.3, 0.4) is 0 Å². The number of carboxylic acid groups (broad SMARTS) is 1. The minimum absolute atomic E-state index is 0.00600. The Labute approximate surface area is 114 Å². The number of aliphatic carboxylic acids is 1. The molecule has 0 fully saturated rings. The van der Waals surface area contributed by atoms with Crippen molar-refractivity contribution < 1.29 is 19.6 Å². The first-order valence-electron chi connectivity index (χ1n) is 5.83. The summed E-state index contributed by atoms with van der Waals surface area (Å²) in [5, 5.41) is 23.3. The molecule has 1 heterocycles. The SMILES string of the molecule is CN(C(=O)CCn1cc([N+](=O)[O-])cn1)C(C)(C)C(=O)O. The van der Waals surface area contributed by atoms with E-state index in [1.165, 1.54) is 31.8 Å². The minimum atomic E-state index is -1.31. The van der Waals surface area contributed by atoms with Gasteiger partial charge in [0.1, 0.15) is 17.9 Å². The third-order valence-electron chi connectivity index (χ3n) is 3.12. The molecule has 20 heavy (non-hydrogen) atoms. The molecule has 1 rings (SSSR count). The van der Waals surface area contributed by atoms with Crippen LogP contribution in [0.15, 0.2) is 12.4 Å². The average Bonchev–Trinajstić information content (AvgIpc) is 2.83. The van der Waals surface area contributed by atoms with E-state index in [0.717, 1.165) is 11.1 Å². The van der Waals surface area contributed by atoms with E-state index in [-0.39, 0.29) is 24.6 Å². The van der Waals surface area contributed by atoms with Gasteiger partial charge >= 0.3 is 11.7 Å². The van der Waals surface area contributed by atoms with E-state index in [1.54, 1.807) is 0 Å². The summed E-state index contributed by atoms with van der Waals surface area (Å²) in [6.07, 6.45) is 2.32. The Morgan fingerprint density at radius 1 is 1.55 bits per heavy atom. The van der Waals surface area contributed by atoms with Crippen LogP contribution in [0.2, 0.25) is 0 Å². The molecule has 110 valence electrons. The number of likely N-dealkylation sites (N-methyl/N-ethyl adjacent to an activating group) is 1. The Hall–Kier alpha value is -2.45. The average molecular weight is 284 g/mol. The molecule has 1 amide bonds. The maximum atomic E-state index is 11.9. The standard InChI is InChI=1S/C11H16N4O5/c1-11(2,10(17)18)13(3)9(16)4-5-14-7-8(6-12-14)15(19)20/h6-7H,4-5H2,1-3H3,(H,17,18). The molecule has 0 aliphatic carbocycles. The topological polar surface area (TPSA) is 119 Å². The minimum Gasteiger partial charge on any atom is -0.480 e. The Bertz CT molecular complexity index is 537. The maximum Gasteiger partial charge on any atom is 0.329 e. The smallest absolute Gasteiger partial charge is 0.329 e. The number of hydrogen-bond donors (Lipinski definition) is 1. The molecule has 0 saturated heterocycles. The molecular weight excluding hydrogens is 268 g/mol. The lowest BCUT2D eigenvalue weighted by molar-refractivity contribution is -0.385. The third-order valence-corrected chi connectivity index (χ3v) is 3.12. The van der Waals surface area contributed by atoms with Gasteiger partial charge < -0.3 is 10.0 Å². The third kappa shape index (κ3) is 3.31. The summed E-state index contributed by atoms with van der Waals surface area (Å²) in [5.74, 6) is -1.49. The Morgan fingerprint density at radius 2 is 2.15 bits per heavy atom. The van der Waals surface area contributed by atoms with Crippen LogP contribution < -0.4 is 0 Å². The van der Waals surface area contributed by atoms with Crippen molar-refractivity contribution in [3.05, 3.63) is 22.5 Å². The Morgan fingerprint density at radius 3 is 2.60 bits per heavy atom. The highest BCUT2D eigenvalue weighted by molar-refractivity contribution is 5.86. The van der Waals surface area contributed by atoms with Crippen LogP contribution >= 0.6 is 0 Å². The number of carbonyl (C=O) groups excluding carboxylic acids is 1. The molecule has 9 heteroatoms. The zero-order valence-electron chi connectivity index (χ0n) is 11.4. The molecule has 1 aromatic heterocycles. The van der Waals surface area contributed by atoms with Gasteiger partial charge in [-0.2, -0.15) is 5.10 Å². The molecule has 0 spiro atoms. The molecule has 9 nitrogen and oxygen atoms in total. The zero-order valence-corrected chi connectivity index (χ0v) is 11.4. The van der Waals surface area contributed by atoms with Crippen LogP contribution in [0.4, 0.5) is 5.69 Å². The van der Waals surface area contributed by atoms with Crippen molar-refractivity contribution in [1.82, 2.24) is 14.7 Å². The molecular formula is C11H16N4O5. The van der Waals surface area contributed by atoms with Crippen LogP contribution in [0, 0.1) is 10.1 Å². The molecule has 0 bridgehead atoms. The highest BCUT2D eigenvalue weighted by atomic mass is 16.6. The molecule has 0 saturated carbocycles. The zero-order chi connectivity index (χ0) is 15.5. The maximum absolute atomic E-state index is 11.9. The highest BCUT2D eigenvalue weighted by Gasteiger charge is 2.34. The summed E-state index contributed by atoms with van der Waals surface area (Å²) >= 11 is 0. The Balaban J connectivity index is 2.63. The predicted molar refractivity (Wildman–Crippen MR) is 68.0 cm³/mol. The number of carboxylic acids is 1. The largest absolute Gasteiger partial charge is 0.480 e. The van der Waals surface area contributed by atoms with E-state index < -0.39 is 16.4 Å². The first kappa shape index (κ1) is 15.6. The van der Waals surface area contributed by atoms with Crippen LogP contribution in [-0.2, 0) is 16.1 Å². The van der Waals surface area contributed by atoms with Gasteiger partial charge in [0, 0.05) is 20.0 Å². The van der Waals surface area contributed by atoms with E-state index in [4.69, 9.17) is 5.11 Å². The molecule has 0 radical (unpaired) electrons. The normalized spacial score (nSPS) is 11.2. The second-order valence-corrected chi connectivity index (χ2v) is 4.79. The summed E-state index contributed by atoms with van der Waals surface area (Å²) in [7, 11) is 1.40. The second-order valence-electron chi connectivity index (χ2n) is 4.79. The molecule has 0 atom stereocenters. The van der Waals surface area contributed by atoms with Gasteiger partial charge in [0.15, 0.2) is 0 Å². The van der Waals surface area contributed by atoms with Crippen LogP contribution in [-0.4, -0.2) is 49.2 Å². The summed E-state index contributed by atoms with van der Waals surface area (Å²) < 4.78 is 1.28. The fraction of sp³-hybridized carbons (Fsp3) is 0.545.